The maximum absolute atomic E-state index is 12.4. The number of aryl methyl sites for hydroxylation is 1. The number of aromatic nitrogens is 2. The Hall–Kier alpha value is -2.49. The molecule has 0 radical (unpaired) electrons. The fourth-order valence-corrected chi connectivity index (χ4v) is 5.21. The molecule has 0 unspecified atom stereocenters. The van der Waals surface area contributed by atoms with Crippen LogP contribution in [-0.4, -0.2) is 31.1 Å². The highest BCUT2D eigenvalue weighted by Crippen LogP contribution is 2.23. The van der Waals surface area contributed by atoms with Crippen molar-refractivity contribution in [2.24, 2.45) is 0 Å². The smallest absolute Gasteiger partial charge is 0.226 e. The van der Waals surface area contributed by atoms with Crippen molar-refractivity contribution in [3.63, 3.8) is 0 Å². The summed E-state index contributed by atoms with van der Waals surface area (Å²) in [4.78, 5) is 12.3. The first-order valence-electron chi connectivity index (χ1n) is 9.12. The molecule has 0 fully saturated rings. The van der Waals surface area contributed by atoms with E-state index in [1.807, 2.05) is 13.0 Å². The largest absolute Gasteiger partial charge is 0.493 e. The molecule has 0 saturated carbocycles. The van der Waals surface area contributed by atoms with Crippen LogP contribution in [0.25, 0.3) is 0 Å². The molecule has 2 aromatic carbocycles. The number of sulfone groups is 1. The zero-order valence-corrected chi connectivity index (χ0v) is 18.6. The molecular weight excluding hydrogens is 446 g/mol. The van der Waals surface area contributed by atoms with Crippen molar-refractivity contribution in [3.05, 3.63) is 64.1 Å². The molecule has 158 valence electrons. The minimum Gasteiger partial charge on any atom is -0.493 e. The van der Waals surface area contributed by atoms with Gasteiger partial charge in [-0.1, -0.05) is 41.1 Å². The number of carbonyl (C=O) groups is 1. The topological polar surface area (TPSA) is 98.2 Å². The summed E-state index contributed by atoms with van der Waals surface area (Å²) in [7, 11) is -3.51. The normalized spacial score (nSPS) is 11.3. The third-order valence-corrected chi connectivity index (χ3v) is 6.97. The molecule has 0 atom stereocenters. The molecule has 1 amide bonds. The highest BCUT2D eigenvalue weighted by Gasteiger charge is 2.18. The van der Waals surface area contributed by atoms with Crippen molar-refractivity contribution in [1.82, 2.24) is 10.2 Å². The standard InChI is InChI=1S/C20H20ClN3O4S2/c1-14-12-15(21)9-10-17(14)28-11-5-8-18(25)22-20-24-23-19(29-20)13-30(26,27)16-6-3-2-4-7-16/h2-4,6-7,9-10,12H,5,8,11,13H2,1H3,(H,22,24,25). The number of hydrogen-bond donors (Lipinski definition) is 1. The average molecular weight is 466 g/mol. The maximum Gasteiger partial charge on any atom is 0.226 e. The SMILES string of the molecule is Cc1cc(Cl)ccc1OCCCC(=O)Nc1nnc(CS(=O)(=O)c2ccccc2)s1. The Bertz CT molecular complexity index is 1120. The molecule has 0 spiro atoms. The van der Waals surface area contributed by atoms with Crippen LogP contribution in [-0.2, 0) is 20.4 Å². The molecule has 1 aromatic heterocycles. The third kappa shape index (κ3) is 6.25. The molecule has 3 aromatic rings. The van der Waals surface area contributed by atoms with E-state index in [1.165, 1.54) is 12.1 Å². The molecule has 7 nitrogen and oxygen atoms in total. The van der Waals surface area contributed by atoms with Gasteiger partial charge in [0.15, 0.2) is 9.84 Å². The summed E-state index contributed by atoms with van der Waals surface area (Å²) in [6, 6.07) is 13.5. The van der Waals surface area contributed by atoms with E-state index in [0.717, 1.165) is 22.6 Å². The number of hydrogen-bond acceptors (Lipinski definition) is 7. The predicted molar refractivity (Wildman–Crippen MR) is 117 cm³/mol. The summed E-state index contributed by atoms with van der Waals surface area (Å²) in [5.74, 6) is 0.229. The minimum atomic E-state index is -3.51. The van der Waals surface area contributed by atoms with Gasteiger partial charge in [-0.15, -0.1) is 10.2 Å². The quantitative estimate of drug-likeness (QED) is 0.474. The lowest BCUT2D eigenvalue weighted by atomic mass is 10.2. The van der Waals surface area contributed by atoms with E-state index in [2.05, 4.69) is 15.5 Å². The van der Waals surface area contributed by atoms with Crippen molar-refractivity contribution in [2.45, 2.75) is 30.4 Å². The number of halogens is 1. The first kappa shape index (κ1) is 22.2. The summed E-state index contributed by atoms with van der Waals surface area (Å²) in [6.07, 6.45) is 0.756. The lowest BCUT2D eigenvalue weighted by Gasteiger charge is -2.09. The van der Waals surface area contributed by atoms with Gasteiger partial charge in [-0.2, -0.15) is 0 Å². The van der Waals surface area contributed by atoms with Gasteiger partial charge >= 0.3 is 0 Å². The zero-order chi connectivity index (χ0) is 21.6. The third-order valence-electron chi connectivity index (χ3n) is 4.07. The number of anilines is 1. The Labute approximate surface area is 184 Å². The molecule has 1 heterocycles. The van der Waals surface area contributed by atoms with Gasteiger partial charge in [0.1, 0.15) is 16.5 Å². The summed E-state index contributed by atoms with van der Waals surface area (Å²) in [6.45, 7) is 2.28. The fraction of sp³-hybridized carbons (Fsp3) is 0.250. The summed E-state index contributed by atoms with van der Waals surface area (Å²) in [5, 5.41) is 11.6. The van der Waals surface area contributed by atoms with Crippen LogP contribution in [0.3, 0.4) is 0 Å². The second-order valence-corrected chi connectivity index (χ2v) is 9.97. The second kappa shape index (κ2) is 10.0. The maximum atomic E-state index is 12.4. The number of nitrogens with zero attached hydrogens (tertiary/aromatic N) is 2. The first-order chi connectivity index (χ1) is 14.3. The van der Waals surface area contributed by atoms with Gasteiger partial charge in [0.2, 0.25) is 11.0 Å². The van der Waals surface area contributed by atoms with Gasteiger partial charge in [0.05, 0.1) is 11.5 Å². The van der Waals surface area contributed by atoms with E-state index in [0.29, 0.717) is 23.1 Å². The van der Waals surface area contributed by atoms with E-state index >= 15 is 0 Å². The lowest BCUT2D eigenvalue weighted by Crippen LogP contribution is -2.12. The number of rotatable bonds is 9. The highest BCUT2D eigenvalue weighted by atomic mass is 35.5. The van der Waals surface area contributed by atoms with E-state index in [4.69, 9.17) is 16.3 Å². The molecule has 1 N–H and O–H groups in total. The van der Waals surface area contributed by atoms with Crippen LogP contribution in [0.15, 0.2) is 53.4 Å². The molecule has 0 saturated heterocycles. The van der Waals surface area contributed by atoms with Crippen LogP contribution in [0.4, 0.5) is 5.13 Å². The van der Waals surface area contributed by atoms with Gasteiger partial charge in [-0.05, 0) is 49.2 Å². The molecule has 10 heteroatoms. The Kier molecular flexibility index (Phi) is 7.41. The molecule has 30 heavy (non-hydrogen) atoms. The number of nitrogens with one attached hydrogen (secondary N) is 1. The van der Waals surface area contributed by atoms with Gasteiger partial charge in [-0.25, -0.2) is 8.42 Å². The number of amides is 1. The van der Waals surface area contributed by atoms with Crippen LogP contribution in [0.2, 0.25) is 5.02 Å². The predicted octanol–water partition coefficient (Wildman–Crippen LogP) is 4.27. The van der Waals surface area contributed by atoms with Gasteiger partial charge < -0.3 is 10.1 Å². The summed E-state index contributed by atoms with van der Waals surface area (Å²) < 4.78 is 30.5. The second-order valence-electron chi connectivity index (χ2n) is 6.48. The van der Waals surface area contributed by atoms with Crippen LogP contribution >= 0.6 is 22.9 Å². The number of carbonyl (C=O) groups excluding carboxylic acids is 1. The molecular formula is C20H20ClN3O4S2. The highest BCUT2D eigenvalue weighted by molar-refractivity contribution is 7.90. The zero-order valence-electron chi connectivity index (χ0n) is 16.2. The Morgan fingerprint density at radius 2 is 1.93 bits per heavy atom. The Balaban J connectivity index is 1.45. The van der Waals surface area contributed by atoms with Crippen molar-refractivity contribution >= 4 is 43.8 Å². The van der Waals surface area contributed by atoms with Crippen molar-refractivity contribution < 1.29 is 17.9 Å². The summed E-state index contributed by atoms with van der Waals surface area (Å²) in [5.41, 5.74) is 0.929. The van der Waals surface area contributed by atoms with Gasteiger partial charge in [0, 0.05) is 11.4 Å². The van der Waals surface area contributed by atoms with Gasteiger partial charge in [0.25, 0.3) is 0 Å². The van der Waals surface area contributed by atoms with E-state index in [1.54, 1.807) is 30.3 Å². The Morgan fingerprint density at radius 3 is 2.67 bits per heavy atom. The van der Waals surface area contributed by atoms with Crippen LogP contribution < -0.4 is 10.1 Å². The van der Waals surface area contributed by atoms with Crippen LogP contribution in [0.5, 0.6) is 5.75 Å². The monoisotopic (exact) mass is 465 g/mol. The van der Waals surface area contributed by atoms with Crippen molar-refractivity contribution in [3.8, 4) is 5.75 Å². The summed E-state index contributed by atoms with van der Waals surface area (Å²) >= 11 is 6.96. The molecule has 3 rings (SSSR count). The molecule has 0 aliphatic rings. The lowest BCUT2D eigenvalue weighted by molar-refractivity contribution is -0.116. The minimum absolute atomic E-state index is 0.224. The van der Waals surface area contributed by atoms with Crippen LogP contribution in [0, 0.1) is 6.92 Å². The van der Waals surface area contributed by atoms with Crippen molar-refractivity contribution in [1.29, 1.82) is 0 Å². The van der Waals surface area contributed by atoms with E-state index in [-0.39, 0.29) is 28.1 Å². The number of benzene rings is 2. The fourth-order valence-electron chi connectivity index (χ4n) is 2.61. The van der Waals surface area contributed by atoms with E-state index < -0.39 is 9.84 Å². The average Bonchev–Trinajstić information content (AvgIpc) is 3.13. The molecule has 0 aliphatic heterocycles. The Morgan fingerprint density at radius 1 is 1.17 bits per heavy atom. The van der Waals surface area contributed by atoms with E-state index in [9.17, 15) is 13.2 Å². The number of ether oxygens (including phenoxy) is 1. The van der Waals surface area contributed by atoms with Crippen LogP contribution in [0.1, 0.15) is 23.4 Å². The van der Waals surface area contributed by atoms with Gasteiger partial charge in [-0.3, -0.25) is 4.79 Å². The van der Waals surface area contributed by atoms with Crippen molar-refractivity contribution in [2.75, 3.05) is 11.9 Å². The first-order valence-corrected chi connectivity index (χ1v) is 12.0. The molecule has 0 aliphatic carbocycles. The molecule has 0 bridgehead atoms.